The van der Waals surface area contributed by atoms with Crippen molar-refractivity contribution in [2.24, 2.45) is 0 Å². The van der Waals surface area contributed by atoms with Gasteiger partial charge in [-0.25, -0.2) is 0 Å². The summed E-state index contributed by atoms with van der Waals surface area (Å²) in [5.41, 5.74) is 0.742. The Labute approximate surface area is 131 Å². The Balaban J connectivity index is 2.37. The van der Waals surface area contributed by atoms with Crippen LogP contribution in [0.15, 0.2) is 36.4 Å². The predicted octanol–water partition coefficient (Wildman–Crippen LogP) is 4.41. The molecule has 110 valence electrons. The van der Waals surface area contributed by atoms with Crippen LogP contribution in [0, 0.1) is 10.1 Å². The number of rotatable bonds is 5. The number of non-ortho nitro benzene ring substituents is 1. The summed E-state index contributed by atoms with van der Waals surface area (Å²) in [6, 6.07) is 9.19. The maximum absolute atomic E-state index is 10.8. The Morgan fingerprint density at radius 3 is 2.62 bits per heavy atom. The molecule has 0 unspecified atom stereocenters. The second-order valence-electron chi connectivity index (χ2n) is 4.26. The van der Waals surface area contributed by atoms with Crippen molar-refractivity contribution in [3.8, 4) is 11.5 Å². The molecule has 0 amide bonds. The van der Waals surface area contributed by atoms with Crippen LogP contribution in [0.3, 0.4) is 0 Å². The molecule has 0 fully saturated rings. The van der Waals surface area contributed by atoms with Crippen LogP contribution in [-0.2, 0) is 6.54 Å². The van der Waals surface area contributed by atoms with Gasteiger partial charge in [-0.05, 0) is 31.3 Å². The Kier molecular flexibility index (Phi) is 5.01. The lowest BCUT2D eigenvalue weighted by Gasteiger charge is -2.12. The van der Waals surface area contributed by atoms with Gasteiger partial charge in [0.1, 0.15) is 5.75 Å². The van der Waals surface area contributed by atoms with Crippen LogP contribution in [0.25, 0.3) is 0 Å². The second kappa shape index (κ2) is 6.76. The first-order valence-electron chi connectivity index (χ1n) is 6.06. The van der Waals surface area contributed by atoms with Gasteiger partial charge in [0.05, 0.1) is 16.0 Å². The van der Waals surface area contributed by atoms with Crippen molar-refractivity contribution in [1.29, 1.82) is 0 Å². The fraction of sp³-hybridized carbons (Fsp3) is 0.143. The van der Waals surface area contributed by atoms with Crippen LogP contribution >= 0.6 is 23.2 Å². The molecule has 0 saturated carbocycles. The second-order valence-corrected chi connectivity index (χ2v) is 5.10. The Morgan fingerprint density at radius 2 is 1.95 bits per heavy atom. The molecule has 2 aromatic carbocycles. The van der Waals surface area contributed by atoms with Crippen molar-refractivity contribution >= 4 is 28.9 Å². The number of ether oxygens (including phenoxy) is 1. The number of benzene rings is 2. The normalized spacial score (nSPS) is 10.4. The quantitative estimate of drug-likeness (QED) is 0.652. The Hall–Kier alpha value is -1.82. The number of nitrogens with one attached hydrogen (secondary N) is 1. The Bertz CT molecular complexity index is 677. The van der Waals surface area contributed by atoms with Gasteiger partial charge >= 0.3 is 0 Å². The van der Waals surface area contributed by atoms with E-state index >= 15 is 0 Å². The minimum absolute atomic E-state index is 0.0847. The van der Waals surface area contributed by atoms with Gasteiger partial charge in [0.15, 0.2) is 5.75 Å². The molecule has 0 aromatic heterocycles. The summed E-state index contributed by atoms with van der Waals surface area (Å²) in [5, 5.41) is 14.7. The zero-order chi connectivity index (χ0) is 15.4. The van der Waals surface area contributed by atoms with Crippen molar-refractivity contribution in [1.82, 2.24) is 5.32 Å². The van der Waals surface area contributed by atoms with Gasteiger partial charge < -0.3 is 10.1 Å². The number of hydrogen-bond acceptors (Lipinski definition) is 4. The molecule has 0 heterocycles. The molecule has 0 aliphatic rings. The van der Waals surface area contributed by atoms with Gasteiger partial charge in [0, 0.05) is 23.2 Å². The van der Waals surface area contributed by atoms with Gasteiger partial charge in [0.25, 0.3) is 5.69 Å². The van der Waals surface area contributed by atoms with Crippen LogP contribution in [0.1, 0.15) is 5.56 Å². The Morgan fingerprint density at radius 1 is 1.19 bits per heavy atom. The molecule has 0 spiro atoms. The third kappa shape index (κ3) is 3.85. The predicted molar refractivity (Wildman–Crippen MR) is 82.4 cm³/mol. The molecule has 7 heteroatoms. The molecule has 21 heavy (non-hydrogen) atoms. The number of halogens is 2. The highest BCUT2D eigenvalue weighted by molar-refractivity contribution is 6.32. The molecule has 0 radical (unpaired) electrons. The van der Waals surface area contributed by atoms with Crippen molar-refractivity contribution in [3.63, 3.8) is 0 Å². The fourth-order valence-electron chi connectivity index (χ4n) is 1.78. The van der Waals surface area contributed by atoms with Gasteiger partial charge in [0.2, 0.25) is 0 Å². The fourth-order valence-corrected chi connectivity index (χ4v) is 2.13. The van der Waals surface area contributed by atoms with E-state index < -0.39 is 4.92 Å². The van der Waals surface area contributed by atoms with Gasteiger partial charge in [-0.3, -0.25) is 10.1 Å². The zero-order valence-corrected chi connectivity index (χ0v) is 12.6. The van der Waals surface area contributed by atoms with Crippen molar-refractivity contribution in [2.75, 3.05) is 7.05 Å². The third-order valence-electron chi connectivity index (χ3n) is 2.74. The molecule has 0 aliphatic heterocycles. The summed E-state index contributed by atoms with van der Waals surface area (Å²) < 4.78 is 5.70. The first-order chi connectivity index (χ1) is 10.0. The van der Waals surface area contributed by atoms with Crippen LogP contribution in [0.4, 0.5) is 5.69 Å². The summed E-state index contributed by atoms with van der Waals surface area (Å²) in [7, 11) is 1.80. The maximum atomic E-state index is 10.8. The van der Waals surface area contributed by atoms with E-state index in [1.165, 1.54) is 18.2 Å². The number of hydrogen-bond donors (Lipinski definition) is 1. The SMILES string of the molecule is CNCc1cc(Cl)ccc1Oc1cc([N+](=O)[O-])ccc1Cl. The number of nitro groups is 1. The minimum Gasteiger partial charge on any atom is -0.455 e. The van der Waals surface area contributed by atoms with E-state index in [2.05, 4.69) is 5.32 Å². The molecule has 2 rings (SSSR count). The molecule has 0 bridgehead atoms. The average molecular weight is 327 g/mol. The number of nitrogens with zero attached hydrogens (tertiary/aromatic N) is 1. The number of nitro benzene ring substituents is 1. The van der Waals surface area contributed by atoms with E-state index in [9.17, 15) is 10.1 Å². The summed E-state index contributed by atoms with van der Waals surface area (Å²) in [6.07, 6.45) is 0. The maximum Gasteiger partial charge on any atom is 0.273 e. The summed E-state index contributed by atoms with van der Waals surface area (Å²) in [5.74, 6) is 0.765. The topological polar surface area (TPSA) is 64.4 Å². The summed E-state index contributed by atoms with van der Waals surface area (Å²) in [4.78, 5) is 10.3. The highest BCUT2D eigenvalue weighted by Gasteiger charge is 2.13. The largest absolute Gasteiger partial charge is 0.455 e. The molecule has 2 aromatic rings. The highest BCUT2D eigenvalue weighted by Crippen LogP contribution is 2.34. The molecule has 0 aliphatic carbocycles. The minimum atomic E-state index is -0.500. The first kappa shape index (κ1) is 15.6. The van der Waals surface area contributed by atoms with Gasteiger partial charge in [-0.1, -0.05) is 23.2 Å². The molecule has 0 saturated heterocycles. The summed E-state index contributed by atoms with van der Waals surface area (Å²) in [6.45, 7) is 0.544. The standard InChI is InChI=1S/C14H12Cl2N2O3/c1-17-8-9-6-10(15)2-5-13(9)21-14-7-11(18(19)20)3-4-12(14)16/h2-7,17H,8H2,1H3. The summed E-state index contributed by atoms with van der Waals surface area (Å²) >= 11 is 12.0. The molecule has 5 nitrogen and oxygen atoms in total. The zero-order valence-electron chi connectivity index (χ0n) is 11.1. The third-order valence-corrected chi connectivity index (χ3v) is 3.28. The lowest BCUT2D eigenvalue weighted by atomic mass is 10.2. The monoisotopic (exact) mass is 326 g/mol. The van der Waals surface area contributed by atoms with Crippen LogP contribution in [-0.4, -0.2) is 12.0 Å². The first-order valence-corrected chi connectivity index (χ1v) is 6.81. The average Bonchev–Trinajstić information content (AvgIpc) is 2.44. The van der Waals surface area contributed by atoms with Gasteiger partial charge in [-0.2, -0.15) is 0 Å². The van der Waals surface area contributed by atoms with Crippen LogP contribution in [0.2, 0.25) is 10.0 Å². The van der Waals surface area contributed by atoms with Crippen molar-refractivity contribution in [3.05, 3.63) is 62.1 Å². The lowest BCUT2D eigenvalue weighted by Crippen LogP contribution is -2.06. The molecular formula is C14H12Cl2N2O3. The van der Waals surface area contributed by atoms with E-state index in [1.807, 2.05) is 0 Å². The molecule has 1 N–H and O–H groups in total. The van der Waals surface area contributed by atoms with Crippen LogP contribution < -0.4 is 10.1 Å². The van der Waals surface area contributed by atoms with Crippen molar-refractivity contribution in [2.45, 2.75) is 6.54 Å². The smallest absolute Gasteiger partial charge is 0.273 e. The van der Waals surface area contributed by atoms with Gasteiger partial charge in [-0.15, -0.1) is 0 Å². The van der Waals surface area contributed by atoms with E-state index in [1.54, 1.807) is 25.2 Å². The van der Waals surface area contributed by atoms with E-state index in [-0.39, 0.29) is 11.4 Å². The van der Waals surface area contributed by atoms with E-state index in [0.717, 1.165) is 5.56 Å². The van der Waals surface area contributed by atoms with E-state index in [4.69, 9.17) is 27.9 Å². The van der Waals surface area contributed by atoms with E-state index in [0.29, 0.717) is 22.3 Å². The van der Waals surface area contributed by atoms with Crippen molar-refractivity contribution < 1.29 is 9.66 Å². The lowest BCUT2D eigenvalue weighted by molar-refractivity contribution is -0.384. The molecular weight excluding hydrogens is 315 g/mol. The molecule has 0 atom stereocenters. The van der Waals surface area contributed by atoms with Crippen LogP contribution in [0.5, 0.6) is 11.5 Å². The highest BCUT2D eigenvalue weighted by atomic mass is 35.5.